The molecule has 0 spiro atoms. The van der Waals surface area contributed by atoms with E-state index in [9.17, 15) is 0 Å². The smallest absolute Gasteiger partial charge is 0.129 e. The number of hydrogen-bond acceptors (Lipinski definition) is 1. The first-order chi connectivity index (χ1) is 6.38. The molecule has 0 heterocycles. The maximum atomic E-state index is 5.71. The molecule has 0 radical (unpaired) electrons. The van der Waals surface area contributed by atoms with Crippen LogP contribution in [0.3, 0.4) is 0 Å². The first-order valence-electron chi connectivity index (χ1n) is 4.47. The molecule has 3 heteroatoms. The van der Waals surface area contributed by atoms with Crippen LogP contribution in [0.4, 0.5) is 5.69 Å². The van der Waals surface area contributed by atoms with Gasteiger partial charge < -0.3 is 5.73 Å². The largest absolute Gasteiger partial charge is 0.399 e. The molecule has 0 saturated heterocycles. The minimum atomic E-state index is -1.29. The average Bonchev–Trinajstić information content (AvgIpc) is 2.05. The summed E-state index contributed by atoms with van der Waals surface area (Å²) < 4.78 is 1.17. The Morgan fingerprint density at radius 3 is 2.50 bits per heavy atom. The lowest BCUT2D eigenvalue weighted by atomic mass is 10.2. The third-order valence-electron chi connectivity index (χ3n) is 1.56. The molecule has 0 aromatic heterocycles. The second-order valence-corrected chi connectivity index (χ2v) is 10.2. The van der Waals surface area contributed by atoms with E-state index >= 15 is 0 Å². The van der Waals surface area contributed by atoms with Gasteiger partial charge in [0, 0.05) is 14.8 Å². The molecule has 0 aliphatic rings. The van der Waals surface area contributed by atoms with Crippen LogP contribution in [-0.4, -0.2) is 8.07 Å². The Bertz CT molecular complexity index is 396. The lowest BCUT2D eigenvalue weighted by Crippen LogP contribution is -2.16. The van der Waals surface area contributed by atoms with Crippen LogP contribution in [0, 0.1) is 15.0 Å². The first-order valence-corrected chi connectivity index (χ1v) is 9.04. The van der Waals surface area contributed by atoms with Gasteiger partial charge >= 0.3 is 0 Å². The van der Waals surface area contributed by atoms with Gasteiger partial charge in [-0.1, -0.05) is 25.6 Å². The number of anilines is 1. The molecule has 0 atom stereocenters. The predicted molar refractivity (Wildman–Crippen MR) is 73.8 cm³/mol. The molecule has 1 nitrogen and oxygen atoms in total. The summed E-state index contributed by atoms with van der Waals surface area (Å²) in [4.78, 5) is 0. The molecule has 0 saturated carbocycles. The van der Waals surface area contributed by atoms with Gasteiger partial charge in [-0.3, -0.25) is 0 Å². The average molecular weight is 315 g/mol. The van der Waals surface area contributed by atoms with Crippen molar-refractivity contribution < 1.29 is 0 Å². The minimum absolute atomic E-state index is 0.783. The summed E-state index contributed by atoms with van der Waals surface area (Å²) in [5.41, 5.74) is 10.9. The Morgan fingerprint density at radius 1 is 1.29 bits per heavy atom. The standard InChI is InChI=1S/C11H14INSi/c1-14(2,3)7-6-9-8-10(13)4-5-11(9)12/h4-5,8H,13H2,1-3H3. The Hall–Kier alpha value is -0.473. The number of nitrogen functional groups attached to an aromatic ring is 1. The molecule has 14 heavy (non-hydrogen) atoms. The molecule has 0 aliphatic heterocycles. The van der Waals surface area contributed by atoms with E-state index in [0.29, 0.717) is 0 Å². The highest BCUT2D eigenvalue weighted by molar-refractivity contribution is 14.1. The van der Waals surface area contributed by atoms with Crippen molar-refractivity contribution in [3.8, 4) is 11.5 Å². The highest BCUT2D eigenvalue weighted by Gasteiger charge is 2.07. The van der Waals surface area contributed by atoms with Crippen LogP contribution in [0.5, 0.6) is 0 Å². The monoisotopic (exact) mass is 315 g/mol. The second kappa shape index (κ2) is 4.37. The van der Waals surface area contributed by atoms with Crippen molar-refractivity contribution in [2.75, 3.05) is 5.73 Å². The molecule has 2 N–H and O–H groups in total. The highest BCUT2D eigenvalue weighted by atomic mass is 127. The van der Waals surface area contributed by atoms with E-state index in [0.717, 1.165) is 11.3 Å². The van der Waals surface area contributed by atoms with Crippen LogP contribution >= 0.6 is 22.6 Å². The molecular weight excluding hydrogens is 301 g/mol. The van der Waals surface area contributed by atoms with Crippen LogP contribution in [-0.2, 0) is 0 Å². The van der Waals surface area contributed by atoms with Crippen molar-refractivity contribution >= 4 is 36.4 Å². The minimum Gasteiger partial charge on any atom is -0.399 e. The molecule has 74 valence electrons. The van der Waals surface area contributed by atoms with Gasteiger partial charge in [-0.15, -0.1) is 5.54 Å². The van der Waals surface area contributed by atoms with Gasteiger partial charge in [0.25, 0.3) is 0 Å². The fourth-order valence-electron chi connectivity index (χ4n) is 0.894. The zero-order valence-electron chi connectivity index (χ0n) is 8.69. The van der Waals surface area contributed by atoms with Crippen LogP contribution in [0.2, 0.25) is 19.6 Å². The number of halogens is 1. The summed E-state index contributed by atoms with van der Waals surface area (Å²) in [7, 11) is -1.29. The molecule has 0 fully saturated rings. The Kier molecular flexibility index (Phi) is 3.62. The molecule has 1 aromatic carbocycles. The van der Waals surface area contributed by atoms with E-state index in [1.54, 1.807) is 0 Å². The summed E-state index contributed by atoms with van der Waals surface area (Å²) >= 11 is 2.29. The van der Waals surface area contributed by atoms with E-state index in [2.05, 4.69) is 53.7 Å². The van der Waals surface area contributed by atoms with E-state index in [1.165, 1.54) is 3.57 Å². The Labute approximate surface area is 100 Å². The molecule has 0 unspecified atom stereocenters. The zero-order chi connectivity index (χ0) is 10.8. The van der Waals surface area contributed by atoms with Crippen molar-refractivity contribution in [1.29, 1.82) is 0 Å². The van der Waals surface area contributed by atoms with E-state index < -0.39 is 8.07 Å². The predicted octanol–water partition coefficient (Wildman–Crippen LogP) is 3.10. The number of rotatable bonds is 0. The van der Waals surface area contributed by atoms with Crippen molar-refractivity contribution in [2.45, 2.75) is 19.6 Å². The van der Waals surface area contributed by atoms with Crippen molar-refractivity contribution in [1.82, 2.24) is 0 Å². The summed E-state index contributed by atoms with van der Waals surface area (Å²) in [6.45, 7) is 6.71. The SMILES string of the molecule is C[Si](C)(C)C#Cc1cc(N)ccc1I. The first kappa shape index (κ1) is 11.6. The van der Waals surface area contributed by atoms with Gasteiger partial charge in [0.05, 0.1) is 0 Å². The topological polar surface area (TPSA) is 26.0 Å². The van der Waals surface area contributed by atoms with Crippen molar-refractivity contribution in [3.05, 3.63) is 27.3 Å². The highest BCUT2D eigenvalue weighted by Crippen LogP contribution is 2.14. The quantitative estimate of drug-likeness (QED) is 0.338. The number of benzene rings is 1. The summed E-state index contributed by atoms with van der Waals surface area (Å²) in [5.74, 6) is 3.22. The Morgan fingerprint density at radius 2 is 1.93 bits per heavy atom. The van der Waals surface area contributed by atoms with Gasteiger partial charge in [0.2, 0.25) is 0 Å². The Balaban J connectivity index is 3.06. The van der Waals surface area contributed by atoms with E-state index in [4.69, 9.17) is 5.73 Å². The molecule has 1 rings (SSSR count). The second-order valence-electron chi connectivity index (χ2n) is 4.24. The normalized spacial score (nSPS) is 10.6. The molecule has 1 aromatic rings. The fourth-order valence-corrected chi connectivity index (χ4v) is 1.87. The van der Waals surface area contributed by atoms with E-state index in [-0.39, 0.29) is 0 Å². The van der Waals surface area contributed by atoms with Crippen molar-refractivity contribution in [2.24, 2.45) is 0 Å². The van der Waals surface area contributed by atoms with Gasteiger partial charge in [-0.25, -0.2) is 0 Å². The lowest BCUT2D eigenvalue weighted by molar-refractivity contribution is 1.58. The zero-order valence-corrected chi connectivity index (χ0v) is 11.8. The molecular formula is C11H14INSi. The summed E-state index contributed by atoms with van der Waals surface area (Å²) in [6.07, 6.45) is 0. The van der Waals surface area contributed by atoms with Gasteiger partial charge in [0.1, 0.15) is 8.07 Å². The molecule has 0 aliphatic carbocycles. The van der Waals surface area contributed by atoms with Gasteiger partial charge in [-0.05, 0) is 40.8 Å². The third-order valence-corrected chi connectivity index (χ3v) is 3.38. The summed E-state index contributed by atoms with van der Waals surface area (Å²) in [6, 6.07) is 5.85. The maximum Gasteiger partial charge on any atom is 0.129 e. The number of hydrogen-bond donors (Lipinski definition) is 1. The molecule has 0 amide bonds. The third kappa shape index (κ3) is 3.72. The van der Waals surface area contributed by atoms with Crippen LogP contribution in [0.15, 0.2) is 18.2 Å². The molecule has 0 bridgehead atoms. The lowest BCUT2D eigenvalue weighted by Gasteiger charge is -2.04. The van der Waals surface area contributed by atoms with Crippen molar-refractivity contribution in [3.63, 3.8) is 0 Å². The van der Waals surface area contributed by atoms with Gasteiger partial charge in [0.15, 0.2) is 0 Å². The van der Waals surface area contributed by atoms with Crippen LogP contribution in [0.25, 0.3) is 0 Å². The van der Waals surface area contributed by atoms with Gasteiger partial charge in [-0.2, -0.15) is 0 Å². The summed E-state index contributed by atoms with van der Waals surface area (Å²) in [5, 5.41) is 0. The van der Waals surface area contributed by atoms with Crippen LogP contribution in [0.1, 0.15) is 5.56 Å². The fraction of sp³-hybridized carbons (Fsp3) is 0.273. The van der Waals surface area contributed by atoms with Crippen LogP contribution < -0.4 is 5.73 Å². The van der Waals surface area contributed by atoms with E-state index in [1.807, 2.05) is 18.2 Å². The number of nitrogens with two attached hydrogens (primary N) is 1. The maximum absolute atomic E-state index is 5.71.